The average molecular weight is 623 g/mol. The molecule has 4 aliphatic carbocycles. The highest BCUT2D eigenvalue weighted by atomic mass is 16.7. The zero-order valence-electron chi connectivity index (χ0n) is 28.7. The highest BCUT2D eigenvalue weighted by Gasteiger charge is 2.88. The Morgan fingerprint density at radius 2 is 1.64 bits per heavy atom. The summed E-state index contributed by atoms with van der Waals surface area (Å²) >= 11 is 0. The predicted octanol–water partition coefficient (Wildman–Crippen LogP) is 5.03. The molecule has 0 aromatic heterocycles. The molecule has 0 amide bonds. The first kappa shape index (κ1) is 34.1. The van der Waals surface area contributed by atoms with Crippen LogP contribution < -0.4 is 0 Å². The molecule has 9 nitrogen and oxygen atoms in total. The van der Waals surface area contributed by atoms with E-state index in [0.717, 1.165) is 44.9 Å². The quantitative estimate of drug-likeness (QED) is 0.207. The molecule has 252 valence electrons. The fourth-order valence-electron chi connectivity index (χ4n) is 11.4. The number of carbonyl (C=O) groups is 2. The van der Waals surface area contributed by atoms with Gasteiger partial charge in [0.05, 0.1) is 11.7 Å². The van der Waals surface area contributed by atoms with Gasteiger partial charge < -0.3 is 33.9 Å². The maximum Gasteiger partial charge on any atom is 0.303 e. The molecule has 5 fully saturated rings. The molecule has 0 aromatic rings. The van der Waals surface area contributed by atoms with Gasteiger partial charge in [0.2, 0.25) is 0 Å². The topological polar surface area (TPSA) is 124 Å². The van der Waals surface area contributed by atoms with E-state index >= 15 is 0 Å². The van der Waals surface area contributed by atoms with Crippen LogP contribution in [0.25, 0.3) is 0 Å². The largest absolute Gasteiger partial charge is 0.465 e. The van der Waals surface area contributed by atoms with Gasteiger partial charge in [-0.25, -0.2) is 0 Å². The first-order chi connectivity index (χ1) is 20.4. The third-order valence-corrected chi connectivity index (χ3v) is 14.1. The van der Waals surface area contributed by atoms with Crippen LogP contribution in [0, 0.1) is 46.3 Å². The smallest absolute Gasteiger partial charge is 0.303 e. The van der Waals surface area contributed by atoms with Crippen molar-refractivity contribution in [2.75, 3.05) is 20.8 Å². The lowest BCUT2D eigenvalue weighted by atomic mass is 9.43. The van der Waals surface area contributed by atoms with E-state index in [1.807, 2.05) is 20.8 Å². The predicted molar refractivity (Wildman–Crippen MR) is 163 cm³/mol. The van der Waals surface area contributed by atoms with Crippen LogP contribution in [0.5, 0.6) is 0 Å². The van der Waals surface area contributed by atoms with Crippen LogP contribution in [-0.2, 0) is 33.3 Å². The van der Waals surface area contributed by atoms with Crippen molar-refractivity contribution in [1.82, 2.24) is 0 Å². The average Bonchev–Trinajstić information content (AvgIpc) is 3.53. The summed E-state index contributed by atoms with van der Waals surface area (Å²) in [7, 11) is 3.50. The van der Waals surface area contributed by atoms with Crippen LogP contribution in [-0.4, -0.2) is 77.8 Å². The first-order valence-electron chi connectivity index (χ1n) is 16.9. The summed E-state index contributed by atoms with van der Waals surface area (Å²) in [6, 6.07) is 0. The van der Waals surface area contributed by atoms with E-state index in [9.17, 15) is 19.8 Å². The van der Waals surface area contributed by atoms with E-state index in [-0.39, 0.29) is 35.7 Å². The van der Waals surface area contributed by atoms with Crippen molar-refractivity contribution >= 4 is 11.9 Å². The van der Waals surface area contributed by atoms with E-state index in [2.05, 4.69) is 6.92 Å². The highest BCUT2D eigenvalue weighted by molar-refractivity contribution is 5.67. The third-order valence-electron chi connectivity index (χ3n) is 14.1. The Morgan fingerprint density at radius 3 is 2.20 bits per heavy atom. The van der Waals surface area contributed by atoms with Crippen LogP contribution in [0.3, 0.4) is 0 Å². The zero-order valence-corrected chi connectivity index (χ0v) is 28.7. The van der Waals surface area contributed by atoms with E-state index in [4.69, 9.17) is 23.7 Å². The molecular weight excluding hydrogens is 564 g/mol. The Kier molecular flexibility index (Phi) is 8.66. The number of aliphatic hydroxyl groups excluding tert-OH is 1. The zero-order chi connectivity index (χ0) is 32.7. The molecule has 4 saturated carbocycles. The van der Waals surface area contributed by atoms with Crippen LogP contribution in [0.2, 0.25) is 0 Å². The van der Waals surface area contributed by atoms with E-state index in [1.54, 1.807) is 28.1 Å². The second-order valence-electron chi connectivity index (χ2n) is 16.2. The van der Waals surface area contributed by atoms with Gasteiger partial charge in [-0.05, 0) is 94.3 Å². The van der Waals surface area contributed by atoms with Crippen LogP contribution in [0.4, 0.5) is 0 Å². The fraction of sp³-hybridized carbons (Fsp3) is 0.943. The monoisotopic (exact) mass is 622 g/mol. The summed E-state index contributed by atoms with van der Waals surface area (Å²) in [5.41, 5.74) is -3.56. The van der Waals surface area contributed by atoms with Gasteiger partial charge in [-0.15, -0.1) is 0 Å². The van der Waals surface area contributed by atoms with Crippen LogP contribution >= 0.6 is 0 Å². The molecule has 2 N–H and O–H groups in total. The number of esters is 2. The Balaban J connectivity index is 1.52. The van der Waals surface area contributed by atoms with Crippen molar-refractivity contribution in [1.29, 1.82) is 0 Å². The molecule has 5 aliphatic rings. The van der Waals surface area contributed by atoms with Crippen molar-refractivity contribution in [3.63, 3.8) is 0 Å². The number of ether oxygens (including phenoxy) is 5. The molecule has 0 aromatic carbocycles. The minimum atomic E-state index is -1.04. The lowest BCUT2D eigenvalue weighted by Crippen LogP contribution is -2.61. The van der Waals surface area contributed by atoms with Gasteiger partial charge in [0.1, 0.15) is 23.9 Å². The second kappa shape index (κ2) is 11.2. The van der Waals surface area contributed by atoms with Gasteiger partial charge in [0.15, 0.2) is 5.79 Å². The maximum absolute atomic E-state index is 12.5. The van der Waals surface area contributed by atoms with Crippen molar-refractivity contribution in [2.45, 2.75) is 142 Å². The molecule has 44 heavy (non-hydrogen) atoms. The Bertz CT molecular complexity index is 1110. The van der Waals surface area contributed by atoms with Crippen molar-refractivity contribution in [3.05, 3.63) is 0 Å². The first-order valence-corrected chi connectivity index (χ1v) is 16.9. The van der Waals surface area contributed by atoms with Crippen molar-refractivity contribution in [2.24, 2.45) is 46.3 Å². The Morgan fingerprint density at radius 1 is 0.977 bits per heavy atom. The third kappa shape index (κ3) is 4.80. The van der Waals surface area contributed by atoms with Gasteiger partial charge in [0, 0.05) is 52.2 Å². The van der Waals surface area contributed by atoms with Gasteiger partial charge >= 0.3 is 11.9 Å². The molecule has 5 rings (SSSR count). The molecule has 1 heterocycles. The molecule has 0 unspecified atom stereocenters. The number of methoxy groups -OCH3 is 2. The second-order valence-corrected chi connectivity index (χ2v) is 16.2. The normalized spacial score (nSPS) is 44.5. The standard InChI is InChI=1S/C35H58O9/c1-20(21(2)30(5,6)39)29(43-23(4)37)32(8)35(44-32)28(38)17-27-25-12-11-24-18-34(40-9,41-10)16-15-31(24,7)26(25)13-14-33(27,35)19-42-22(3)36/h20-21,24-29,38-39H,11-19H2,1-10H3/t20-,21-,24-,25+,26-,27-,28-,29+,31-,32-,33+,35+/m0/s1. The molecule has 1 aliphatic heterocycles. The number of epoxide rings is 1. The SMILES string of the molecule is COC1(OC)CC[C@@]2(C)[C@@H](CC[C@@H]3[C@@H]2CC[C@@]2(COC(C)=O)[C@H]3C[C@H](O)[C@]23O[C@@]3(C)[C@H](OC(C)=O)[C@@H](C)[C@H](C)C(C)(C)O)C1. The van der Waals surface area contributed by atoms with Crippen molar-refractivity contribution in [3.8, 4) is 0 Å². The minimum absolute atomic E-state index is 0.0896. The van der Waals surface area contributed by atoms with Crippen molar-refractivity contribution < 1.29 is 43.5 Å². The number of fused-ring (bicyclic) bond motifs is 6. The molecule has 0 bridgehead atoms. The van der Waals surface area contributed by atoms with E-state index in [0.29, 0.717) is 24.2 Å². The molecule has 0 radical (unpaired) electrons. The summed E-state index contributed by atoms with van der Waals surface area (Å²) < 4.78 is 30.6. The van der Waals surface area contributed by atoms with Crippen LogP contribution in [0.15, 0.2) is 0 Å². The minimum Gasteiger partial charge on any atom is -0.465 e. The van der Waals surface area contributed by atoms with E-state index in [1.165, 1.54) is 13.8 Å². The number of carbonyl (C=O) groups excluding carboxylic acids is 2. The number of rotatable bonds is 9. The fourth-order valence-corrected chi connectivity index (χ4v) is 11.4. The van der Waals surface area contributed by atoms with Gasteiger partial charge in [0.25, 0.3) is 0 Å². The van der Waals surface area contributed by atoms with Gasteiger partial charge in [-0.3, -0.25) is 9.59 Å². The molecule has 1 spiro atoms. The molecule has 1 saturated heterocycles. The number of hydrogen-bond donors (Lipinski definition) is 2. The summed E-state index contributed by atoms with van der Waals surface area (Å²) in [5.74, 6) is -0.407. The van der Waals surface area contributed by atoms with Gasteiger partial charge in [-0.1, -0.05) is 20.8 Å². The molecule has 9 heteroatoms. The highest BCUT2D eigenvalue weighted by Crippen LogP contribution is 2.77. The summed E-state index contributed by atoms with van der Waals surface area (Å²) in [6.07, 6.45) is 5.60. The summed E-state index contributed by atoms with van der Waals surface area (Å²) in [5, 5.41) is 23.0. The van der Waals surface area contributed by atoms with E-state index < -0.39 is 46.2 Å². The molecule has 12 atom stereocenters. The lowest BCUT2D eigenvalue weighted by Gasteiger charge is -2.62. The Labute approximate surface area is 264 Å². The Hall–Kier alpha value is -1.26. The van der Waals surface area contributed by atoms with Crippen LogP contribution in [0.1, 0.15) is 107 Å². The number of aliphatic hydroxyl groups is 2. The molecular formula is C35H58O9. The van der Waals surface area contributed by atoms with Gasteiger partial charge in [-0.2, -0.15) is 0 Å². The summed E-state index contributed by atoms with van der Waals surface area (Å²) in [6.45, 7) is 14.9. The maximum atomic E-state index is 12.5. The lowest BCUT2D eigenvalue weighted by molar-refractivity contribution is -0.262. The summed E-state index contributed by atoms with van der Waals surface area (Å²) in [4.78, 5) is 24.9. The number of hydrogen-bond acceptors (Lipinski definition) is 9.